The van der Waals surface area contributed by atoms with E-state index >= 15 is 0 Å². The Labute approximate surface area is 170 Å². The number of ether oxygens (including phenoxy) is 2. The number of nitrogens with zero attached hydrogens (tertiary/aromatic N) is 2. The van der Waals surface area contributed by atoms with Gasteiger partial charge >= 0.3 is 6.03 Å². The second-order valence-corrected chi connectivity index (χ2v) is 7.66. The lowest BCUT2D eigenvalue weighted by Crippen LogP contribution is -2.27. The van der Waals surface area contributed by atoms with Crippen LogP contribution in [0.5, 0.6) is 11.5 Å². The smallest absolute Gasteiger partial charge is 0.323 e. The molecule has 28 heavy (non-hydrogen) atoms. The molecule has 8 nitrogen and oxygen atoms in total. The van der Waals surface area contributed by atoms with Gasteiger partial charge in [0.1, 0.15) is 0 Å². The molecule has 2 aliphatic heterocycles. The number of halogens is 1. The van der Waals surface area contributed by atoms with Crippen LogP contribution in [0.4, 0.5) is 9.93 Å². The fourth-order valence-electron chi connectivity index (χ4n) is 2.97. The molecule has 0 spiro atoms. The molecule has 1 aromatic carbocycles. The average molecular weight is 423 g/mol. The zero-order valence-corrected chi connectivity index (χ0v) is 16.6. The lowest BCUT2D eigenvalue weighted by atomic mass is 10.2. The van der Waals surface area contributed by atoms with Crippen molar-refractivity contribution in [3.63, 3.8) is 0 Å². The summed E-state index contributed by atoms with van der Waals surface area (Å²) >= 11 is 7.63. The van der Waals surface area contributed by atoms with E-state index < -0.39 is 0 Å². The van der Waals surface area contributed by atoms with E-state index in [0.29, 0.717) is 60.2 Å². The first-order chi connectivity index (χ1) is 13.6. The summed E-state index contributed by atoms with van der Waals surface area (Å²) in [5.41, 5.74) is 1.46. The molecule has 2 aromatic rings. The number of aromatic nitrogens is 1. The van der Waals surface area contributed by atoms with E-state index in [9.17, 15) is 9.59 Å². The van der Waals surface area contributed by atoms with Gasteiger partial charge in [-0.1, -0.05) is 11.6 Å². The SMILES string of the molecule is O=C(Cc1csc(N2CCNC2=O)n1)NCc1cc(Cl)c2c(c1)OCCCO2. The van der Waals surface area contributed by atoms with Crippen LogP contribution in [0, 0.1) is 0 Å². The summed E-state index contributed by atoms with van der Waals surface area (Å²) in [6.07, 6.45) is 0.941. The van der Waals surface area contributed by atoms with E-state index in [1.807, 2.05) is 6.07 Å². The Hall–Kier alpha value is -2.52. The van der Waals surface area contributed by atoms with Crippen molar-refractivity contribution in [2.24, 2.45) is 0 Å². The average Bonchev–Trinajstić information content (AvgIpc) is 3.22. The number of hydrogen-bond acceptors (Lipinski definition) is 6. The molecular weight excluding hydrogens is 404 g/mol. The first kappa shape index (κ1) is 18.8. The highest BCUT2D eigenvalue weighted by molar-refractivity contribution is 7.14. The van der Waals surface area contributed by atoms with E-state index in [0.717, 1.165) is 12.0 Å². The summed E-state index contributed by atoms with van der Waals surface area (Å²) in [4.78, 5) is 29.9. The number of urea groups is 1. The number of amides is 3. The molecule has 2 aliphatic rings. The summed E-state index contributed by atoms with van der Waals surface area (Å²) in [6.45, 7) is 2.65. The largest absolute Gasteiger partial charge is 0.489 e. The van der Waals surface area contributed by atoms with Crippen molar-refractivity contribution >= 4 is 40.0 Å². The van der Waals surface area contributed by atoms with Crippen LogP contribution in [-0.4, -0.2) is 43.2 Å². The number of hydrogen-bond donors (Lipinski definition) is 2. The number of nitrogens with one attached hydrogen (secondary N) is 2. The van der Waals surface area contributed by atoms with E-state index in [1.54, 1.807) is 16.3 Å². The summed E-state index contributed by atoms with van der Waals surface area (Å²) < 4.78 is 11.3. The van der Waals surface area contributed by atoms with Crippen LogP contribution in [0.3, 0.4) is 0 Å². The van der Waals surface area contributed by atoms with Crippen molar-refractivity contribution in [3.8, 4) is 11.5 Å². The fraction of sp³-hybridized carbons (Fsp3) is 0.389. The van der Waals surface area contributed by atoms with Gasteiger partial charge in [0, 0.05) is 31.4 Å². The highest BCUT2D eigenvalue weighted by Crippen LogP contribution is 2.37. The minimum absolute atomic E-state index is 0.143. The van der Waals surface area contributed by atoms with Gasteiger partial charge in [-0.3, -0.25) is 9.69 Å². The van der Waals surface area contributed by atoms with Crippen LogP contribution in [0.1, 0.15) is 17.7 Å². The lowest BCUT2D eigenvalue weighted by Gasteiger charge is -2.12. The summed E-state index contributed by atoms with van der Waals surface area (Å²) in [5.74, 6) is 0.989. The van der Waals surface area contributed by atoms with Gasteiger partial charge in [-0.2, -0.15) is 0 Å². The Bertz CT molecular complexity index is 904. The molecule has 0 aliphatic carbocycles. The molecule has 4 rings (SSSR count). The van der Waals surface area contributed by atoms with Crippen molar-refractivity contribution < 1.29 is 19.1 Å². The Morgan fingerprint density at radius 3 is 3.04 bits per heavy atom. The third kappa shape index (κ3) is 4.15. The number of thiazole rings is 1. The zero-order valence-electron chi connectivity index (χ0n) is 15.0. The highest BCUT2D eigenvalue weighted by atomic mass is 35.5. The predicted octanol–water partition coefficient (Wildman–Crippen LogP) is 2.35. The predicted molar refractivity (Wildman–Crippen MR) is 105 cm³/mol. The van der Waals surface area contributed by atoms with E-state index in [1.165, 1.54) is 11.3 Å². The van der Waals surface area contributed by atoms with Gasteiger partial charge in [0.2, 0.25) is 5.91 Å². The number of fused-ring (bicyclic) bond motifs is 1. The Kier molecular flexibility index (Phi) is 5.54. The third-order valence-corrected chi connectivity index (χ3v) is 5.51. The van der Waals surface area contributed by atoms with Crippen molar-refractivity contribution in [1.82, 2.24) is 15.6 Å². The molecule has 0 saturated carbocycles. The van der Waals surface area contributed by atoms with Crippen LogP contribution in [-0.2, 0) is 17.8 Å². The van der Waals surface area contributed by atoms with E-state index in [-0.39, 0.29) is 18.4 Å². The molecule has 0 bridgehead atoms. The summed E-state index contributed by atoms with van der Waals surface area (Å²) in [6, 6.07) is 3.44. The Balaban J connectivity index is 1.35. The zero-order chi connectivity index (χ0) is 19.5. The van der Waals surface area contributed by atoms with Gasteiger partial charge in [-0.25, -0.2) is 9.78 Å². The molecule has 3 amide bonds. The van der Waals surface area contributed by atoms with Crippen molar-refractivity contribution in [2.75, 3.05) is 31.2 Å². The maximum Gasteiger partial charge on any atom is 0.323 e. The van der Waals surface area contributed by atoms with Gasteiger partial charge in [-0.05, 0) is 17.7 Å². The quantitative estimate of drug-likeness (QED) is 0.771. The number of benzene rings is 1. The number of anilines is 1. The van der Waals surface area contributed by atoms with E-state index in [4.69, 9.17) is 21.1 Å². The van der Waals surface area contributed by atoms with Gasteiger partial charge in [-0.15, -0.1) is 11.3 Å². The minimum Gasteiger partial charge on any atom is -0.489 e. The normalized spacial score (nSPS) is 15.9. The van der Waals surface area contributed by atoms with Gasteiger partial charge in [0.05, 0.1) is 30.4 Å². The minimum atomic E-state index is -0.161. The molecule has 1 fully saturated rings. The fourth-order valence-corrected chi connectivity index (χ4v) is 4.11. The molecule has 2 N–H and O–H groups in total. The monoisotopic (exact) mass is 422 g/mol. The maximum atomic E-state index is 12.3. The van der Waals surface area contributed by atoms with Gasteiger partial charge in [0.25, 0.3) is 0 Å². The number of rotatable bonds is 5. The van der Waals surface area contributed by atoms with Crippen LogP contribution >= 0.6 is 22.9 Å². The van der Waals surface area contributed by atoms with Crippen LogP contribution in [0.25, 0.3) is 0 Å². The number of carbonyl (C=O) groups is 2. The van der Waals surface area contributed by atoms with Crippen molar-refractivity contribution in [1.29, 1.82) is 0 Å². The van der Waals surface area contributed by atoms with Crippen molar-refractivity contribution in [2.45, 2.75) is 19.4 Å². The molecular formula is C18H19ClN4O4S. The van der Waals surface area contributed by atoms with E-state index in [2.05, 4.69) is 15.6 Å². The van der Waals surface area contributed by atoms with Crippen LogP contribution < -0.4 is 25.0 Å². The first-order valence-electron chi connectivity index (χ1n) is 8.94. The molecule has 0 unspecified atom stereocenters. The molecule has 0 atom stereocenters. The van der Waals surface area contributed by atoms with Crippen LogP contribution in [0.15, 0.2) is 17.5 Å². The lowest BCUT2D eigenvalue weighted by molar-refractivity contribution is -0.120. The second-order valence-electron chi connectivity index (χ2n) is 6.41. The summed E-state index contributed by atoms with van der Waals surface area (Å²) in [7, 11) is 0. The molecule has 148 valence electrons. The van der Waals surface area contributed by atoms with Gasteiger partial charge in [0.15, 0.2) is 16.6 Å². The van der Waals surface area contributed by atoms with Crippen molar-refractivity contribution in [3.05, 3.63) is 33.8 Å². The molecule has 1 aromatic heterocycles. The number of carbonyl (C=O) groups excluding carboxylic acids is 2. The standard InChI is InChI=1S/C18H19ClN4O4S/c19-13-6-11(7-14-16(13)27-5-1-4-26-14)9-21-15(24)8-12-10-28-18(22-12)23-3-2-20-17(23)25/h6-7,10H,1-5,8-9H2,(H,20,25)(H,21,24). The highest BCUT2D eigenvalue weighted by Gasteiger charge is 2.24. The van der Waals surface area contributed by atoms with Gasteiger partial charge < -0.3 is 20.1 Å². The summed E-state index contributed by atoms with van der Waals surface area (Å²) in [5, 5.41) is 8.46. The van der Waals surface area contributed by atoms with Crippen LogP contribution in [0.2, 0.25) is 5.02 Å². The third-order valence-electron chi connectivity index (χ3n) is 4.32. The first-order valence-corrected chi connectivity index (χ1v) is 10.2. The topological polar surface area (TPSA) is 92.8 Å². The molecule has 3 heterocycles. The molecule has 1 saturated heterocycles. The maximum absolute atomic E-state index is 12.3. The molecule has 0 radical (unpaired) electrons. The second kappa shape index (κ2) is 8.24. The molecule has 10 heteroatoms. The Morgan fingerprint density at radius 1 is 1.36 bits per heavy atom. The Morgan fingerprint density at radius 2 is 2.21 bits per heavy atom.